The Morgan fingerprint density at radius 1 is 1.07 bits per heavy atom. The summed E-state index contributed by atoms with van der Waals surface area (Å²) in [6, 6.07) is 17.0. The van der Waals surface area contributed by atoms with Gasteiger partial charge >= 0.3 is 5.97 Å². The number of carbonyl (C=O) groups excluding carboxylic acids is 3. The quantitative estimate of drug-likeness (QED) is 0.318. The van der Waals surface area contributed by atoms with Crippen LogP contribution in [0, 0.1) is 5.92 Å². The molecule has 0 radical (unpaired) electrons. The summed E-state index contributed by atoms with van der Waals surface area (Å²) in [6.45, 7) is 3.89. The number of rotatable bonds is 9. The van der Waals surface area contributed by atoms with E-state index < -0.39 is 17.5 Å². The van der Waals surface area contributed by atoms with Gasteiger partial charge < -0.3 is 25.2 Å². The first kappa shape index (κ1) is 30.9. The number of cyclic esters (lactones) is 1. The Bertz CT molecular complexity index is 1110. The topological polar surface area (TPSA) is 114 Å². The lowest BCUT2D eigenvalue weighted by Crippen LogP contribution is -2.50. The van der Waals surface area contributed by atoms with Gasteiger partial charge in [0.2, 0.25) is 11.8 Å². The predicted octanol–water partition coefficient (Wildman–Crippen LogP) is 4.25. The van der Waals surface area contributed by atoms with E-state index in [-0.39, 0.29) is 37.4 Å². The first-order chi connectivity index (χ1) is 19.2. The molecular weight excluding hydrogens is 508 g/mol. The third-order valence-corrected chi connectivity index (χ3v) is 6.69. The first-order valence-electron chi connectivity index (χ1n) is 14.0. The molecule has 2 atom stereocenters. The summed E-state index contributed by atoms with van der Waals surface area (Å²) >= 11 is 0. The summed E-state index contributed by atoms with van der Waals surface area (Å²) in [6.07, 6.45) is 7.51. The van der Waals surface area contributed by atoms with E-state index in [2.05, 4.69) is 10.6 Å². The zero-order chi connectivity index (χ0) is 28.8. The Morgan fingerprint density at radius 3 is 2.55 bits per heavy atom. The number of hydrogen-bond acceptors (Lipinski definition) is 6. The molecule has 40 heavy (non-hydrogen) atoms. The van der Waals surface area contributed by atoms with Crippen molar-refractivity contribution in [3.8, 4) is 5.75 Å². The van der Waals surface area contributed by atoms with Gasteiger partial charge in [0.25, 0.3) is 0 Å². The lowest BCUT2D eigenvalue weighted by atomic mass is 9.96. The van der Waals surface area contributed by atoms with Crippen LogP contribution in [0.5, 0.6) is 5.75 Å². The Kier molecular flexibility index (Phi) is 12.2. The zero-order valence-corrected chi connectivity index (χ0v) is 23.6. The summed E-state index contributed by atoms with van der Waals surface area (Å²) in [5.74, 6) is -0.702. The van der Waals surface area contributed by atoms with Crippen LogP contribution in [0.2, 0.25) is 0 Å². The molecule has 0 aromatic heterocycles. The van der Waals surface area contributed by atoms with E-state index >= 15 is 0 Å². The van der Waals surface area contributed by atoms with E-state index in [0.717, 1.165) is 36.1 Å². The number of allylic oxidation sites excluding steroid dienone is 2. The summed E-state index contributed by atoms with van der Waals surface area (Å²) < 4.78 is 11.2. The highest BCUT2D eigenvalue weighted by molar-refractivity contribution is 5.86. The van der Waals surface area contributed by atoms with Gasteiger partial charge in [-0.3, -0.25) is 14.4 Å². The number of amides is 2. The van der Waals surface area contributed by atoms with Gasteiger partial charge in [-0.25, -0.2) is 0 Å². The number of aliphatic hydroxyl groups excluding tert-OH is 1. The van der Waals surface area contributed by atoms with Gasteiger partial charge in [0.15, 0.2) is 0 Å². The number of carbonyl (C=O) groups is 3. The van der Waals surface area contributed by atoms with Crippen LogP contribution in [-0.4, -0.2) is 47.7 Å². The molecule has 0 saturated carbocycles. The van der Waals surface area contributed by atoms with Crippen molar-refractivity contribution in [1.82, 2.24) is 10.6 Å². The van der Waals surface area contributed by atoms with Gasteiger partial charge in [0.05, 0.1) is 24.1 Å². The van der Waals surface area contributed by atoms with Crippen molar-refractivity contribution < 1.29 is 29.0 Å². The van der Waals surface area contributed by atoms with Crippen molar-refractivity contribution in [3.05, 3.63) is 77.9 Å². The number of benzene rings is 2. The fraction of sp³-hybridized carbons (Fsp3) is 0.469. The number of hydrogen-bond donors (Lipinski definition) is 3. The number of esters is 1. The summed E-state index contributed by atoms with van der Waals surface area (Å²) in [5, 5.41) is 15.7. The smallest absolute Gasteiger partial charge is 0.305 e. The molecule has 3 rings (SSSR count). The van der Waals surface area contributed by atoms with Crippen molar-refractivity contribution in [3.63, 3.8) is 0 Å². The lowest BCUT2D eigenvalue weighted by Gasteiger charge is -2.28. The molecule has 2 amide bonds. The average molecular weight is 551 g/mol. The molecule has 216 valence electrons. The van der Waals surface area contributed by atoms with Crippen molar-refractivity contribution in [2.45, 2.75) is 77.0 Å². The molecule has 0 unspecified atom stereocenters. The van der Waals surface area contributed by atoms with Crippen LogP contribution in [0.4, 0.5) is 0 Å². The van der Waals surface area contributed by atoms with Crippen LogP contribution >= 0.6 is 0 Å². The predicted molar refractivity (Wildman–Crippen MR) is 153 cm³/mol. The molecular formula is C32H42N2O6. The van der Waals surface area contributed by atoms with Crippen LogP contribution in [-0.2, 0) is 32.1 Å². The van der Waals surface area contributed by atoms with Crippen LogP contribution in [0.15, 0.2) is 66.7 Å². The standard InChI is InChI=1S/C32H42N2O6/c1-32(2)23-40-30(37)14-10-5-3-4-9-13-26(31(38)34-32)20-29(36)33-27(21-35)19-24-15-17-28(18-16-24)39-22-25-11-7-6-8-12-25/h4,6-9,11-12,15-18,26-27,35H,3,5,10,13-14,19-23H2,1-2H3,(H,33,36)(H,34,38)/t26-,27+/m1/s1. The van der Waals surface area contributed by atoms with Gasteiger partial charge in [0, 0.05) is 12.8 Å². The van der Waals surface area contributed by atoms with Crippen LogP contribution in [0.1, 0.15) is 63.5 Å². The SMILES string of the molecule is CC1(C)COC(=O)CCCCC=CC[C@H](CC(=O)N[C@H](CO)Cc2ccc(OCc3ccccc3)cc2)C(=O)N1. The molecule has 0 aliphatic carbocycles. The molecule has 2 aromatic carbocycles. The summed E-state index contributed by atoms with van der Waals surface area (Å²) in [5.41, 5.74) is 1.26. The first-order valence-corrected chi connectivity index (χ1v) is 14.0. The molecule has 0 spiro atoms. The maximum absolute atomic E-state index is 13.1. The molecule has 1 aliphatic heterocycles. The molecule has 0 fully saturated rings. The Morgan fingerprint density at radius 2 is 1.82 bits per heavy atom. The lowest BCUT2D eigenvalue weighted by molar-refractivity contribution is -0.147. The van der Waals surface area contributed by atoms with Gasteiger partial charge in [-0.15, -0.1) is 0 Å². The average Bonchev–Trinajstić information content (AvgIpc) is 2.94. The fourth-order valence-corrected chi connectivity index (χ4v) is 4.42. The second-order valence-electron chi connectivity index (χ2n) is 11.0. The Hall–Kier alpha value is -3.65. The zero-order valence-electron chi connectivity index (χ0n) is 23.6. The number of ether oxygens (including phenoxy) is 2. The van der Waals surface area contributed by atoms with E-state index in [4.69, 9.17) is 9.47 Å². The summed E-state index contributed by atoms with van der Waals surface area (Å²) in [7, 11) is 0. The molecule has 2 aromatic rings. The highest BCUT2D eigenvalue weighted by atomic mass is 16.5. The molecule has 1 aliphatic rings. The highest BCUT2D eigenvalue weighted by Crippen LogP contribution is 2.18. The molecule has 0 saturated heterocycles. The van der Waals surface area contributed by atoms with E-state index in [1.54, 1.807) is 13.8 Å². The maximum Gasteiger partial charge on any atom is 0.305 e. The Balaban J connectivity index is 1.55. The van der Waals surface area contributed by atoms with Crippen molar-refractivity contribution >= 4 is 17.8 Å². The van der Waals surface area contributed by atoms with Crippen molar-refractivity contribution in [2.75, 3.05) is 13.2 Å². The minimum absolute atomic E-state index is 0.0190. The second-order valence-corrected chi connectivity index (χ2v) is 11.0. The van der Waals surface area contributed by atoms with Crippen LogP contribution in [0.25, 0.3) is 0 Å². The van der Waals surface area contributed by atoms with E-state index in [1.807, 2.05) is 66.7 Å². The maximum atomic E-state index is 13.1. The van der Waals surface area contributed by atoms with Gasteiger partial charge in [0.1, 0.15) is 19.0 Å². The summed E-state index contributed by atoms with van der Waals surface area (Å²) in [4.78, 5) is 38.0. The number of aliphatic hydroxyl groups is 1. The normalized spacial score (nSPS) is 19.0. The second kappa shape index (κ2) is 15.8. The van der Waals surface area contributed by atoms with E-state index in [0.29, 0.717) is 25.9 Å². The molecule has 8 heteroatoms. The van der Waals surface area contributed by atoms with Crippen molar-refractivity contribution in [1.29, 1.82) is 0 Å². The number of nitrogens with one attached hydrogen (secondary N) is 2. The largest absolute Gasteiger partial charge is 0.489 e. The molecule has 0 bridgehead atoms. The minimum atomic E-state index is -0.764. The van der Waals surface area contributed by atoms with E-state index in [9.17, 15) is 19.5 Å². The van der Waals surface area contributed by atoms with Crippen molar-refractivity contribution in [2.24, 2.45) is 5.92 Å². The van der Waals surface area contributed by atoms with Crippen LogP contribution < -0.4 is 15.4 Å². The van der Waals surface area contributed by atoms with Gasteiger partial charge in [-0.1, -0.05) is 54.6 Å². The minimum Gasteiger partial charge on any atom is -0.489 e. The molecule has 3 N–H and O–H groups in total. The highest BCUT2D eigenvalue weighted by Gasteiger charge is 2.29. The molecule has 1 heterocycles. The Labute approximate surface area is 237 Å². The van der Waals surface area contributed by atoms with Gasteiger partial charge in [-0.2, -0.15) is 0 Å². The third kappa shape index (κ3) is 11.2. The van der Waals surface area contributed by atoms with E-state index in [1.165, 1.54) is 0 Å². The van der Waals surface area contributed by atoms with Gasteiger partial charge in [-0.05, 0) is 69.2 Å². The fourth-order valence-electron chi connectivity index (χ4n) is 4.42. The molecule has 8 nitrogen and oxygen atoms in total. The monoisotopic (exact) mass is 550 g/mol. The van der Waals surface area contributed by atoms with Crippen LogP contribution in [0.3, 0.4) is 0 Å². The third-order valence-electron chi connectivity index (χ3n) is 6.69.